The fraction of sp³-hybridized carbons (Fsp3) is 0.304. The zero-order valence-corrected chi connectivity index (χ0v) is 19.5. The van der Waals surface area contributed by atoms with Gasteiger partial charge in [-0.3, -0.25) is 14.3 Å². The lowest BCUT2D eigenvalue weighted by molar-refractivity contribution is 0.0670. The van der Waals surface area contributed by atoms with Gasteiger partial charge in [0.2, 0.25) is 0 Å². The van der Waals surface area contributed by atoms with Crippen LogP contribution < -0.4 is 0 Å². The molecule has 1 aromatic carbocycles. The Morgan fingerprint density at radius 1 is 1.16 bits per heavy atom. The lowest BCUT2D eigenvalue weighted by Crippen LogP contribution is -2.32. The fourth-order valence-electron chi connectivity index (χ4n) is 4.02. The zero-order chi connectivity index (χ0) is 20.3. The molecule has 0 bridgehead atoms. The van der Waals surface area contributed by atoms with E-state index in [0.29, 0.717) is 6.54 Å². The molecular formula is C23H24BrFN4OS. The molecule has 1 aliphatic rings. The number of ether oxygens (including phenoxy) is 1. The molecule has 3 aromatic heterocycles. The second kappa shape index (κ2) is 9.99. The maximum absolute atomic E-state index is 13.5. The molecule has 8 heteroatoms. The number of halogens is 2. The Kier molecular flexibility index (Phi) is 7.12. The number of fused-ring (bicyclic) bond motifs is 1. The van der Waals surface area contributed by atoms with E-state index in [0.717, 1.165) is 60.1 Å². The van der Waals surface area contributed by atoms with E-state index < -0.39 is 0 Å². The van der Waals surface area contributed by atoms with Crippen molar-refractivity contribution in [3.05, 3.63) is 77.4 Å². The number of benzene rings is 1. The average Bonchev–Trinajstić information content (AvgIpc) is 3.49. The first-order valence-electron chi connectivity index (χ1n) is 10.2. The molecule has 1 unspecified atom stereocenters. The molecule has 5 rings (SSSR count). The van der Waals surface area contributed by atoms with Gasteiger partial charge in [-0.1, -0.05) is 6.07 Å². The number of hydrogen-bond acceptors (Lipinski definition) is 5. The Balaban J connectivity index is 0.00000231. The third-order valence-corrected chi connectivity index (χ3v) is 6.21. The van der Waals surface area contributed by atoms with Gasteiger partial charge in [0.15, 0.2) is 4.96 Å². The summed E-state index contributed by atoms with van der Waals surface area (Å²) in [7, 11) is 0. The number of rotatable bonds is 7. The highest BCUT2D eigenvalue weighted by atomic mass is 79.9. The van der Waals surface area contributed by atoms with Crippen LogP contribution in [0.2, 0.25) is 0 Å². The summed E-state index contributed by atoms with van der Waals surface area (Å²) in [5.74, 6) is -0.239. The van der Waals surface area contributed by atoms with E-state index in [9.17, 15) is 4.39 Å². The minimum Gasteiger partial charge on any atom is -0.377 e. The van der Waals surface area contributed by atoms with E-state index in [2.05, 4.69) is 26.5 Å². The van der Waals surface area contributed by atoms with Crippen LogP contribution in [0.15, 0.2) is 60.2 Å². The molecule has 0 saturated carbocycles. The van der Waals surface area contributed by atoms with E-state index in [4.69, 9.17) is 9.72 Å². The van der Waals surface area contributed by atoms with Crippen LogP contribution >= 0.6 is 28.3 Å². The van der Waals surface area contributed by atoms with Gasteiger partial charge in [0.05, 0.1) is 23.2 Å². The number of nitrogens with zero attached hydrogens (tertiary/aromatic N) is 4. The van der Waals surface area contributed by atoms with Crippen molar-refractivity contribution >= 4 is 33.3 Å². The van der Waals surface area contributed by atoms with Gasteiger partial charge in [-0.2, -0.15) is 0 Å². The van der Waals surface area contributed by atoms with Crippen molar-refractivity contribution in [1.82, 2.24) is 19.3 Å². The molecule has 0 aliphatic carbocycles. The standard InChI is InChI=1S/C23H23FN4OS.BrH/c24-18-8-6-17(7-9-18)22-21(28-11-13-30-23(28)26-22)16-27(15-20-5-3-12-29-20)14-19-4-1-2-10-25-19;/h1-2,4,6-11,13,20H,3,5,12,14-16H2;1H. The summed E-state index contributed by atoms with van der Waals surface area (Å²) in [5, 5.41) is 2.05. The molecule has 0 N–H and O–H groups in total. The van der Waals surface area contributed by atoms with E-state index in [1.807, 2.05) is 23.7 Å². The van der Waals surface area contributed by atoms with Gasteiger partial charge in [0, 0.05) is 49.6 Å². The van der Waals surface area contributed by atoms with Crippen molar-refractivity contribution in [2.45, 2.75) is 32.0 Å². The lowest BCUT2D eigenvalue weighted by Gasteiger charge is -2.25. The first-order chi connectivity index (χ1) is 14.8. The van der Waals surface area contributed by atoms with Gasteiger partial charge < -0.3 is 4.74 Å². The third kappa shape index (κ3) is 5.03. The van der Waals surface area contributed by atoms with Gasteiger partial charge in [0.25, 0.3) is 0 Å². The molecule has 0 spiro atoms. The van der Waals surface area contributed by atoms with Crippen LogP contribution in [0.5, 0.6) is 0 Å². The third-order valence-electron chi connectivity index (χ3n) is 5.45. The number of thiazole rings is 1. The molecule has 1 saturated heterocycles. The molecule has 4 aromatic rings. The summed E-state index contributed by atoms with van der Waals surface area (Å²) in [6.45, 7) is 3.13. The SMILES string of the molecule is Br.Fc1ccc(-c2nc3sccn3c2CN(Cc2ccccn2)CC2CCCO2)cc1. The van der Waals surface area contributed by atoms with Crippen molar-refractivity contribution in [1.29, 1.82) is 0 Å². The lowest BCUT2D eigenvalue weighted by atomic mass is 10.1. The van der Waals surface area contributed by atoms with Crippen molar-refractivity contribution < 1.29 is 9.13 Å². The number of hydrogen-bond donors (Lipinski definition) is 0. The summed E-state index contributed by atoms with van der Waals surface area (Å²) >= 11 is 1.61. The molecule has 1 atom stereocenters. The van der Waals surface area contributed by atoms with Gasteiger partial charge in [-0.15, -0.1) is 28.3 Å². The predicted molar refractivity (Wildman–Crippen MR) is 126 cm³/mol. The number of pyridine rings is 1. The normalized spacial score (nSPS) is 16.1. The van der Waals surface area contributed by atoms with Crippen LogP contribution in [-0.2, 0) is 17.8 Å². The Bertz CT molecular complexity index is 1110. The van der Waals surface area contributed by atoms with Crippen molar-refractivity contribution in [3.8, 4) is 11.3 Å². The summed E-state index contributed by atoms with van der Waals surface area (Å²) in [5.41, 5.74) is 3.97. The van der Waals surface area contributed by atoms with E-state index in [1.54, 1.807) is 23.5 Å². The van der Waals surface area contributed by atoms with E-state index >= 15 is 0 Å². The Morgan fingerprint density at radius 2 is 2.03 bits per heavy atom. The highest BCUT2D eigenvalue weighted by molar-refractivity contribution is 8.93. The Hall–Kier alpha value is -2.13. The fourth-order valence-corrected chi connectivity index (χ4v) is 4.75. The van der Waals surface area contributed by atoms with Crippen molar-refractivity contribution in [2.75, 3.05) is 13.2 Å². The first kappa shape index (κ1) is 22.1. The molecule has 4 heterocycles. The molecule has 1 aliphatic heterocycles. The Labute approximate surface area is 195 Å². The summed E-state index contributed by atoms with van der Waals surface area (Å²) < 4.78 is 21.5. The predicted octanol–water partition coefficient (Wildman–Crippen LogP) is 5.36. The number of imidazole rings is 1. The molecule has 1 fully saturated rings. The Morgan fingerprint density at radius 3 is 2.77 bits per heavy atom. The molecular weight excluding hydrogens is 479 g/mol. The molecule has 0 radical (unpaired) electrons. The van der Waals surface area contributed by atoms with Crippen LogP contribution in [0.3, 0.4) is 0 Å². The van der Waals surface area contributed by atoms with Crippen molar-refractivity contribution in [3.63, 3.8) is 0 Å². The molecule has 0 amide bonds. The number of aromatic nitrogens is 3. The van der Waals surface area contributed by atoms with E-state index in [1.165, 1.54) is 12.1 Å². The van der Waals surface area contributed by atoms with Crippen LogP contribution in [0, 0.1) is 5.82 Å². The monoisotopic (exact) mass is 502 g/mol. The van der Waals surface area contributed by atoms with Gasteiger partial charge in [0.1, 0.15) is 5.82 Å². The maximum Gasteiger partial charge on any atom is 0.194 e. The van der Waals surface area contributed by atoms with Crippen LogP contribution in [0.4, 0.5) is 4.39 Å². The smallest absolute Gasteiger partial charge is 0.194 e. The van der Waals surface area contributed by atoms with Crippen LogP contribution in [0.25, 0.3) is 16.2 Å². The van der Waals surface area contributed by atoms with Gasteiger partial charge >= 0.3 is 0 Å². The topological polar surface area (TPSA) is 42.7 Å². The molecule has 5 nitrogen and oxygen atoms in total. The van der Waals surface area contributed by atoms with Crippen molar-refractivity contribution in [2.24, 2.45) is 0 Å². The van der Waals surface area contributed by atoms with E-state index in [-0.39, 0.29) is 28.9 Å². The quantitative estimate of drug-likeness (QED) is 0.341. The molecule has 31 heavy (non-hydrogen) atoms. The maximum atomic E-state index is 13.5. The first-order valence-corrected chi connectivity index (χ1v) is 11.1. The molecule has 162 valence electrons. The average molecular weight is 503 g/mol. The second-order valence-electron chi connectivity index (χ2n) is 7.60. The van der Waals surface area contributed by atoms with Gasteiger partial charge in [-0.05, 0) is 49.2 Å². The highest BCUT2D eigenvalue weighted by Crippen LogP contribution is 2.29. The summed E-state index contributed by atoms with van der Waals surface area (Å²) in [6, 6.07) is 12.6. The zero-order valence-electron chi connectivity index (χ0n) is 17.0. The van der Waals surface area contributed by atoms with Crippen LogP contribution in [-0.4, -0.2) is 38.5 Å². The second-order valence-corrected chi connectivity index (χ2v) is 8.47. The summed E-state index contributed by atoms with van der Waals surface area (Å²) in [6.07, 6.45) is 6.34. The largest absolute Gasteiger partial charge is 0.377 e. The minimum absolute atomic E-state index is 0. The highest BCUT2D eigenvalue weighted by Gasteiger charge is 2.23. The van der Waals surface area contributed by atoms with Gasteiger partial charge in [-0.25, -0.2) is 9.37 Å². The van der Waals surface area contributed by atoms with Crippen LogP contribution in [0.1, 0.15) is 24.2 Å². The minimum atomic E-state index is -0.239. The summed E-state index contributed by atoms with van der Waals surface area (Å²) in [4.78, 5) is 12.7.